The molecule has 0 spiro atoms. The van der Waals surface area contributed by atoms with E-state index in [1.807, 2.05) is 0 Å². The van der Waals surface area contributed by atoms with Gasteiger partial charge in [-0.15, -0.1) is 0 Å². The van der Waals surface area contributed by atoms with Crippen molar-refractivity contribution in [2.24, 2.45) is 0 Å². The van der Waals surface area contributed by atoms with E-state index in [0.29, 0.717) is 10.8 Å². The molecule has 0 saturated carbocycles. The molecule has 1 aromatic heterocycles. The van der Waals surface area contributed by atoms with Crippen molar-refractivity contribution in [2.45, 2.75) is 0 Å². The van der Waals surface area contributed by atoms with Crippen LogP contribution >= 0.6 is 11.6 Å². The van der Waals surface area contributed by atoms with Crippen LogP contribution in [0.4, 0.5) is 5.82 Å². The predicted molar refractivity (Wildman–Crippen MR) is 48.1 cm³/mol. The molecule has 0 fully saturated rings. The number of nitrogens with zero attached hydrogens (tertiary/aromatic N) is 1. The third-order valence-electron chi connectivity index (χ3n) is 1.20. The van der Waals surface area contributed by atoms with E-state index in [9.17, 15) is 4.79 Å². The number of anilines is 1. The van der Waals surface area contributed by atoms with Gasteiger partial charge in [-0.2, -0.15) is 0 Å². The summed E-state index contributed by atoms with van der Waals surface area (Å²) >= 11 is 5.65. The Bertz CT molecular complexity index is 306. The molecule has 0 aliphatic rings. The van der Waals surface area contributed by atoms with Gasteiger partial charge in [0.1, 0.15) is 12.4 Å². The van der Waals surface area contributed by atoms with Crippen LogP contribution in [0.2, 0.25) is 5.02 Å². The fourth-order valence-electron chi connectivity index (χ4n) is 0.646. The van der Waals surface area contributed by atoms with Crippen LogP contribution < -0.4 is 10.9 Å². The molecular formula is C7H8ClN3O2. The summed E-state index contributed by atoms with van der Waals surface area (Å²) in [7, 11) is 0. The number of hydrogen-bond acceptors (Lipinski definition) is 4. The summed E-state index contributed by atoms with van der Waals surface area (Å²) in [6, 6.07) is 3.15. The number of pyridine rings is 1. The van der Waals surface area contributed by atoms with Crippen LogP contribution in [0, 0.1) is 0 Å². The summed E-state index contributed by atoms with van der Waals surface area (Å²) in [6.45, 7) is -0.576. The highest BCUT2D eigenvalue weighted by Crippen LogP contribution is 2.10. The van der Waals surface area contributed by atoms with Gasteiger partial charge in [-0.3, -0.25) is 15.6 Å². The van der Waals surface area contributed by atoms with E-state index in [4.69, 9.17) is 16.7 Å². The number of hydrogen-bond donors (Lipinski definition) is 3. The zero-order valence-corrected chi connectivity index (χ0v) is 7.38. The third-order valence-corrected chi connectivity index (χ3v) is 1.43. The number of aliphatic hydroxyl groups is 1. The topological polar surface area (TPSA) is 74.2 Å². The Morgan fingerprint density at radius 2 is 2.46 bits per heavy atom. The van der Waals surface area contributed by atoms with Gasteiger partial charge < -0.3 is 5.11 Å². The van der Waals surface area contributed by atoms with Crippen LogP contribution in [-0.4, -0.2) is 22.6 Å². The average Bonchev–Trinajstić information content (AvgIpc) is 2.14. The van der Waals surface area contributed by atoms with E-state index in [0.717, 1.165) is 0 Å². The van der Waals surface area contributed by atoms with Crippen molar-refractivity contribution in [3.63, 3.8) is 0 Å². The van der Waals surface area contributed by atoms with E-state index < -0.39 is 12.5 Å². The Balaban J connectivity index is 2.50. The molecule has 3 N–H and O–H groups in total. The Kier molecular flexibility index (Phi) is 3.48. The monoisotopic (exact) mass is 201 g/mol. The number of rotatable bonds is 3. The van der Waals surface area contributed by atoms with E-state index >= 15 is 0 Å². The van der Waals surface area contributed by atoms with Crippen molar-refractivity contribution in [3.8, 4) is 0 Å². The van der Waals surface area contributed by atoms with Gasteiger partial charge >= 0.3 is 0 Å². The quantitative estimate of drug-likeness (QED) is 0.610. The van der Waals surface area contributed by atoms with Gasteiger partial charge in [0.2, 0.25) is 0 Å². The molecule has 0 radical (unpaired) electrons. The van der Waals surface area contributed by atoms with Crippen molar-refractivity contribution >= 4 is 23.3 Å². The molecule has 0 aliphatic heterocycles. The first-order valence-electron chi connectivity index (χ1n) is 3.49. The highest BCUT2D eigenvalue weighted by Gasteiger charge is 1.97. The standard InChI is InChI=1S/C7H8ClN3O2/c8-5-1-2-9-6(3-5)10-11-7(13)4-12/h1-3,12H,4H2,(H,9,10)(H,11,13). The average molecular weight is 202 g/mol. The van der Waals surface area contributed by atoms with Gasteiger partial charge in [-0.25, -0.2) is 4.98 Å². The zero-order chi connectivity index (χ0) is 9.68. The molecule has 0 unspecified atom stereocenters. The van der Waals surface area contributed by atoms with Crippen molar-refractivity contribution < 1.29 is 9.90 Å². The third kappa shape index (κ3) is 3.27. The van der Waals surface area contributed by atoms with Crippen LogP contribution in [0.25, 0.3) is 0 Å². The lowest BCUT2D eigenvalue weighted by molar-refractivity contribution is -0.123. The summed E-state index contributed by atoms with van der Waals surface area (Å²) in [6.07, 6.45) is 1.50. The molecule has 6 heteroatoms. The second-order valence-electron chi connectivity index (χ2n) is 2.19. The zero-order valence-electron chi connectivity index (χ0n) is 6.62. The minimum absolute atomic E-state index is 0.411. The number of amides is 1. The number of carbonyl (C=O) groups excluding carboxylic acids is 1. The largest absolute Gasteiger partial charge is 0.386 e. The number of hydrazine groups is 1. The van der Waals surface area contributed by atoms with Gasteiger partial charge in [0.25, 0.3) is 5.91 Å². The van der Waals surface area contributed by atoms with E-state index in [2.05, 4.69) is 15.8 Å². The Morgan fingerprint density at radius 3 is 3.08 bits per heavy atom. The minimum atomic E-state index is -0.576. The second kappa shape index (κ2) is 4.64. The molecule has 1 amide bonds. The number of aliphatic hydroxyl groups excluding tert-OH is 1. The first-order chi connectivity index (χ1) is 6.22. The molecule has 0 saturated heterocycles. The fraction of sp³-hybridized carbons (Fsp3) is 0.143. The number of carbonyl (C=O) groups is 1. The fourth-order valence-corrected chi connectivity index (χ4v) is 0.806. The Labute approximate surface area is 79.7 Å². The van der Waals surface area contributed by atoms with Crippen molar-refractivity contribution in [1.29, 1.82) is 0 Å². The first-order valence-corrected chi connectivity index (χ1v) is 3.87. The summed E-state index contributed by atoms with van der Waals surface area (Å²) in [5, 5.41) is 8.88. The Morgan fingerprint density at radius 1 is 1.69 bits per heavy atom. The maximum Gasteiger partial charge on any atom is 0.264 e. The smallest absolute Gasteiger partial charge is 0.264 e. The molecule has 1 aromatic rings. The molecule has 0 aliphatic carbocycles. The Hall–Kier alpha value is -1.33. The number of aromatic nitrogens is 1. The molecule has 0 atom stereocenters. The number of nitrogens with one attached hydrogen (secondary N) is 2. The van der Waals surface area contributed by atoms with Crippen LogP contribution in [0.15, 0.2) is 18.3 Å². The molecule has 1 rings (SSSR count). The predicted octanol–water partition coefficient (Wildman–Crippen LogP) is 0.170. The summed E-state index contributed by atoms with van der Waals surface area (Å²) in [4.78, 5) is 14.4. The van der Waals surface area contributed by atoms with Crippen molar-refractivity contribution in [2.75, 3.05) is 12.0 Å². The lowest BCUT2D eigenvalue weighted by Gasteiger charge is -2.05. The lowest BCUT2D eigenvalue weighted by atomic mass is 10.5. The van der Waals surface area contributed by atoms with E-state index in [-0.39, 0.29) is 0 Å². The molecule has 0 aromatic carbocycles. The maximum absolute atomic E-state index is 10.6. The van der Waals surface area contributed by atoms with E-state index in [1.165, 1.54) is 6.20 Å². The van der Waals surface area contributed by atoms with Gasteiger partial charge in [0, 0.05) is 17.3 Å². The number of halogens is 1. The van der Waals surface area contributed by atoms with Crippen LogP contribution in [0.5, 0.6) is 0 Å². The minimum Gasteiger partial charge on any atom is -0.386 e. The van der Waals surface area contributed by atoms with Gasteiger partial charge in [0.15, 0.2) is 0 Å². The molecule has 5 nitrogen and oxygen atoms in total. The molecular weight excluding hydrogens is 194 g/mol. The maximum atomic E-state index is 10.6. The van der Waals surface area contributed by atoms with Crippen LogP contribution in [-0.2, 0) is 4.79 Å². The van der Waals surface area contributed by atoms with Crippen LogP contribution in [0.1, 0.15) is 0 Å². The van der Waals surface area contributed by atoms with Crippen molar-refractivity contribution in [1.82, 2.24) is 10.4 Å². The summed E-state index contributed by atoms with van der Waals surface area (Å²) in [5.41, 5.74) is 4.70. The summed E-state index contributed by atoms with van der Waals surface area (Å²) < 4.78 is 0. The van der Waals surface area contributed by atoms with Gasteiger partial charge in [-0.1, -0.05) is 11.6 Å². The normalized spacial score (nSPS) is 9.38. The highest BCUT2D eigenvalue weighted by atomic mass is 35.5. The van der Waals surface area contributed by atoms with Crippen molar-refractivity contribution in [3.05, 3.63) is 23.4 Å². The second-order valence-corrected chi connectivity index (χ2v) is 2.63. The molecule has 13 heavy (non-hydrogen) atoms. The lowest BCUT2D eigenvalue weighted by Crippen LogP contribution is -2.31. The molecule has 70 valence electrons. The molecule has 0 bridgehead atoms. The molecule has 1 heterocycles. The first kappa shape index (κ1) is 9.76. The van der Waals surface area contributed by atoms with Crippen LogP contribution in [0.3, 0.4) is 0 Å². The van der Waals surface area contributed by atoms with E-state index in [1.54, 1.807) is 12.1 Å². The summed E-state index contributed by atoms with van der Waals surface area (Å²) in [5.74, 6) is -0.129. The van der Waals surface area contributed by atoms with Gasteiger partial charge in [-0.05, 0) is 6.07 Å². The van der Waals surface area contributed by atoms with Gasteiger partial charge in [0.05, 0.1) is 0 Å². The SMILES string of the molecule is O=C(CO)NNc1cc(Cl)ccn1. The highest BCUT2D eigenvalue weighted by molar-refractivity contribution is 6.30.